The number of hydrogen-bond donors (Lipinski definition) is 2. The molecule has 0 spiro atoms. The first kappa shape index (κ1) is 17.7. The minimum atomic E-state index is 0. The highest BCUT2D eigenvalue weighted by atomic mass is 127. The number of nitrogens with two attached hydrogens (primary N) is 1. The third kappa shape index (κ3) is 4.66. The maximum atomic E-state index is 5.88. The van der Waals surface area contributed by atoms with Gasteiger partial charge in [-0.3, -0.25) is 4.57 Å². The summed E-state index contributed by atoms with van der Waals surface area (Å²) in [6, 6.07) is 3.99. The first-order chi connectivity index (χ1) is 10.7. The summed E-state index contributed by atoms with van der Waals surface area (Å²) in [5.41, 5.74) is 6.92. The van der Waals surface area contributed by atoms with Gasteiger partial charge in [0.25, 0.3) is 0 Å². The second-order valence-electron chi connectivity index (χ2n) is 5.75. The van der Waals surface area contributed by atoms with E-state index in [0.717, 1.165) is 29.7 Å². The SMILES string of the molecule is Cc1nccn1-c1ccc(CN=C(N)NCC2CCC2)cn1.I. The van der Waals surface area contributed by atoms with Crippen LogP contribution in [0.1, 0.15) is 30.7 Å². The normalized spacial score (nSPS) is 14.9. The summed E-state index contributed by atoms with van der Waals surface area (Å²) in [5.74, 6) is 3.07. The van der Waals surface area contributed by atoms with E-state index in [4.69, 9.17) is 5.73 Å². The fourth-order valence-electron chi connectivity index (χ4n) is 2.45. The smallest absolute Gasteiger partial charge is 0.188 e. The number of nitrogens with one attached hydrogen (secondary N) is 1. The molecule has 0 aliphatic heterocycles. The second-order valence-corrected chi connectivity index (χ2v) is 5.75. The minimum Gasteiger partial charge on any atom is -0.370 e. The van der Waals surface area contributed by atoms with Gasteiger partial charge >= 0.3 is 0 Å². The summed E-state index contributed by atoms with van der Waals surface area (Å²) in [6.07, 6.45) is 9.45. The van der Waals surface area contributed by atoms with Crippen LogP contribution in [0.15, 0.2) is 35.7 Å². The number of halogens is 1. The molecule has 1 saturated carbocycles. The molecule has 0 saturated heterocycles. The molecule has 0 bridgehead atoms. The van der Waals surface area contributed by atoms with Gasteiger partial charge in [0.2, 0.25) is 0 Å². The minimum absolute atomic E-state index is 0. The molecule has 2 aromatic rings. The Morgan fingerprint density at radius 1 is 1.39 bits per heavy atom. The van der Waals surface area contributed by atoms with Crippen molar-refractivity contribution in [3.63, 3.8) is 0 Å². The molecule has 0 amide bonds. The third-order valence-corrected chi connectivity index (χ3v) is 4.11. The zero-order chi connectivity index (χ0) is 15.4. The zero-order valence-corrected chi connectivity index (χ0v) is 15.6. The van der Waals surface area contributed by atoms with Crippen LogP contribution in [0.4, 0.5) is 0 Å². The Labute approximate surface area is 153 Å². The average Bonchev–Trinajstić information content (AvgIpc) is 2.90. The number of nitrogens with zero attached hydrogens (tertiary/aromatic N) is 4. The van der Waals surface area contributed by atoms with Crippen LogP contribution in [0.2, 0.25) is 0 Å². The summed E-state index contributed by atoms with van der Waals surface area (Å²) in [4.78, 5) is 13.0. The molecule has 124 valence electrons. The number of guanidine groups is 1. The highest BCUT2D eigenvalue weighted by Crippen LogP contribution is 2.24. The van der Waals surface area contributed by atoms with Crippen LogP contribution in [-0.4, -0.2) is 27.0 Å². The van der Waals surface area contributed by atoms with Gasteiger partial charge in [0, 0.05) is 25.1 Å². The van der Waals surface area contributed by atoms with E-state index in [9.17, 15) is 0 Å². The largest absolute Gasteiger partial charge is 0.370 e. The quantitative estimate of drug-likeness (QED) is 0.437. The van der Waals surface area contributed by atoms with Crippen LogP contribution in [0.3, 0.4) is 0 Å². The molecule has 0 atom stereocenters. The molecule has 0 unspecified atom stereocenters. The van der Waals surface area contributed by atoms with Gasteiger partial charge in [-0.2, -0.15) is 0 Å². The van der Waals surface area contributed by atoms with Crippen LogP contribution in [-0.2, 0) is 6.54 Å². The Hall–Kier alpha value is -1.64. The molecule has 23 heavy (non-hydrogen) atoms. The second kappa shape index (κ2) is 8.28. The van der Waals surface area contributed by atoms with Crippen molar-refractivity contribution in [1.29, 1.82) is 0 Å². The standard InChI is InChI=1S/C16H22N6.HI/c1-12-18-7-8-22(12)15-6-5-14(10-19-15)11-21-16(17)20-9-13-3-2-4-13;/h5-8,10,13H,2-4,9,11H2,1H3,(H3,17,20,21);1H. The monoisotopic (exact) mass is 426 g/mol. The van der Waals surface area contributed by atoms with Crippen LogP contribution in [0, 0.1) is 12.8 Å². The Morgan fingerprint density at radius 2 is 2.22 bits per heavy atom. The van der Waals surface area contributed by atoms with Gasteiger partial charge in [0.1, 0.15) is 11.6 Å². The highest BCUT2D eigenvalue weighted by molar-refractivity contribution is 14.0. The summed E-state index contributed by atoms with van der Waals surface area (Å²) in [6.45, 7) is 3.43. The molecular formula is C16H23IN6. The first-order valence-electron chi connectivity index (χ1n) is 7.71. The molecule has 1 aliphatic carbocycles. The van der Waals surface area contributed by atoms with Crippen LogP contribution >= 0.6 is 24.0 Å². The van der Waals surface area contributed by atoms with Crippen LogP contribution in [0.5, 0.6) is 0 Å². The molecule has 6 nitrogen and oxygen atoms in total. The molecule has 0 aromatic carbocycles. The Bertz CT molecular complexity index is 645. The average molecular weight is 426 g/mol. The maximum absolute atomic E-state index is 5.88. The summed E-state index contributed by atoms with van der Waals surface area (Å²) in [5, 5.41) is 3.19. The Kier molecular flexibility index (Phi) is 6.37. The van der Waals surface area contributed by atoms with Crippen molar-refractivity contribution in [3.8, 4) is 5.82 Å². The van der Waals surface area contributed by atoms with Gasteiger partial charge in [0.05, 0.1) is 6.54 Å². The van der Waals surface area contributed by atoms with Crippen LogP contribution < -0.4 is 11.1 Å². The van der Waals surface area contributed by atoms with E-state index >= 15 is 0 Å². The number of aromatic nitrogens is 3. The third-order valence-electron chi connectivity index (χ3n) is 4.11. The van der Waals surface area contributed by atoms with Crippen molar-refractivity contribution >= 4 is 29.9 Å². The zero-order valence-electron chi connectivity index (χ0n) is 13.3. The molecule has 2 heterocycles. The van der Waals surface area contributed by atoms with E-state index in [2.05, 4.69) is 20.3 Å². The highest BCUT2D eigenvalue weighted by Gasteiger charge is 2.16. The van der Waals surface area contributed by atoms with Crippen LogP contribution in [0.25, 0.3) is 5.82 Å². The number of aryl methyl sites for hydroxylation is 1. The maximum Gasteiger partial charge on any atom is 0.188 e. The van der Waals surface area contributed by atoms with E-state index in [0.29, 0.717) is 12.5 Å². The number of rotatable bonds is 5. The molecule has 0 radical (unpaired) electrons. The van der Waals surface area contributed by atoms with Crippen molar-refractivity contribution in [2.45, 2.75) is 32.7 Å². The lowest BCUT2D eigenvalue weighted by Crippen LogP contribution is -2.37. The van der Waals surface area contributed by atoms with E-state index < -0.39 is 0 Å². The predicted molar refractivity (Wildman–Crippen MR) is 102 cm³/mol. The van der Waals surface area contributed by atoms with Gasteiger partial charge in [-0.15, -0.1) is 24.0 Å². The lowest BCUT2D eigenvalue weighted by Gasteiger charge is -2.25. The van der Waals surface area contributed by atoms with Gasteiger partial charge < -0.3 is 11.1 Å². The van der Waals surface area contributed by atoms with Crippen molar-refractivity contribution in [3.05, 3.63) is 42.1 Å². The number of pyridine rings is 1. The molecule has 7 heteroatoms. The predicted octanol–water partition coefficient (Wildman–Crippen LogP) is 2.40. The summed E-state index contributed by atoms with van der Waals surface area (Å²) >= 11 is 0. The summed E-state index contributed by atoms with van der Waals surface area (Å²) in [7, 11) is 0. The summed E-state index contributed by atoms with van der Waals surface area (Å²) < 4.78 is 1.95. The number of hydrogen-bond acceptors (Lipinski definition) is 3. The Balaban J connectivity index is 0.00000192. The van der Waals surface area contributed by atoms with E-state index in [-0.39, 0.29) is 24.0 Å². The molecule has 3 rings (SSSR count). The first-order valence-corrected chi connectivity index (χ1v) is 7.71. The van der Waals surface area contributed by atoms with Gasteiger partial charge in [-0.1, -0.05) is 12.5 Å². The van der Waals surface area contributed by atoms with Crippen molar-refractivity contribution in [2.75, 3.05) is 6.54 Å². The van der Waals surface area contributed by atoms with Crippen molar-refractivity contribution in [2.24, 2.45) is 16.6 Å². The molecular weight excluding hydrogens is 403 g/mol. The van der Waals surface area contributed by atoms with Gasteiger partial charge in [-0.25, -0.2) is 15.0 Å². The lowest BCUT2D eigenvalue weighted by molar-refractivity contribution is 0.315. The van der Waals surface area contributed by atoms with E-state index in [1.54, 1.807) is 6.20 Å². The topological polar surface area (TPSA) is 81.1 Å². The number of aliphatic imine (C=N–C) groups is 1. The van der Waals surface area contributed by atoms with E-state index in [1.165, 1.54) is 19.3 Å². The van der Waals surface area contributed by atoms with Crippen molar-refractivity contribution < 1.29 is 0 Å². The number of imidazole rings is 1. The molecule has 1 fully saturated rings. The van der Waals surface area contributed by atoms with E-state index in [1.807, 2.05) is 36.0 Å². The fraction of sp³-hybridized carbons (Fsp3) is 0.438. The fourth-order valence-corrected chi connectivity index (χ4v) is 2.45. The molecule has 2 aromatic heterocycles. The lowest BCUT2D eigenvalue weighted by atomic mass is 9.85. The molecule has 1 aliphatic rings. The molecule has 3 N–H and O–H groups in total. The van der Waals surface area contributed by atoms with Gasteiger partial charge in [-0.05, 0) is 37.3 Å². The van der Waals surface area contributed by atoms with Gasteiger partial charge in [0.15, 0.2) is 5.96 Å². The Morgan fingerprint density at radius 3 is 2.78 bits per heavy atom. The van der Waals surface area contributed by atoms with Crippen molar-refractivity contribution in [1.82, 2.24) is 19.9 Å².